The summed E-state index contributed by atoms with van der Waals surface area (Å²) in [5.41, 5.74) is 1.04. The fourth-order valence-electron chi connectivity index (χ4n) is 2.06. The second-order valence-electron chi connectivity index (χ2n) is 5.78. The molecule has 0 fully saturated rings. The van der Waals surface area contributed by atoms with Crippen LogP contribution >= 0.6 is 0 Å². The van der Waals surface area contributed by atoms with Gasteiger partial charge in [-0.1, -0.05) is 13.8 Å². The van der Waals surface area contributed by atoms with Gasteiger partial charge in [-0.25, -0.2) is 14.5 Å². The molecule has 0 saturated heterocycles. The molecule has 2 aromatic rings. The Kier molecular flexibility index (Phi) is 6.39. The van der Waals surface area contributed by atoms with Crippen LogP contribution in [0.5, 0.6) is 0 Å². The van der Waals surface area contributed by atoms with Crippen LogP contribution in [-0.2, 0) is 22.7 Å². The van der Waals surface area contributed by atoms with Crippen molar-refractivity contribution in [3.63, 3.8) is 0 Å². The molecule has 8 nitrogen and oxygen atoms in total. The number of rotatable bonds is 7. The van der Waals surface area contributed by atoms with Crippen LogP contribution in [0.4, 0.5) is 0 Å². The van der Waals surface area contributed by atoms with E-state index >= 15 is 0 Å². The Balaban J connectivity index is 1.93. The van der Waals surface area contributed by atoms with E-state index in [4.69, 9.17) is 4.74 Å². The third-order valence-electron chi connectivity index (χ3n) is 3.24. The molecule has 2 aromatic heterocycles. The smallest absolute Gasteiger partial charge is 0.331 e. The lowest BCUT2D eigenvalue weighted by atomic mass is 10.2. The minimum Gasteiger partial charge on any atom is -0.454 e. The van der Waals surface area contributed by atoms with Crippen molar-refractivity contribution in [3.8, 4) is 0 Å². The zero-order chi connectivity index (χ0) is 18.2. The second-order valence-corrected chi connectivity index (χ2v) is 5.78. The van der Waals surface area contributed by atoms with Crippen molar-refractivity contribution in [2.24, 2.45) is 5.92 Å². The lowest BCUT2D eigenvalue weighted by Gasteiger charge is -2.08. The minimum atomic E-state index is -0.510. The van der Waals surface area contributed by atoms with Crippen molar-refractivity contribution in [1.82, 2.24) is 25.1 Å². The number of ether oxygens (including phenoxy) is 1. The maximum Gasteiger partial charge on any atom is 0.331 e. The molecule has 0 atom stereocenters. The number of esters is 1. The van der Waals surface area contributed by atoms with E-state index in [9.17, 15) is 9.59 Å². The Morgan fingerprint density at radius 3 is 2.88 bits per heavy atom. The van der Waals surface area contributed by atoms with Crippen molar-refractivity contribution in [2.75, 3.05) is 7.05 Å². The number of carbonyl (C=O) groups excluding carboxylic acids is 2. The van der Waals surface area contributed by atoms with E-state index in [0.29, 0.717) is 29.4 Å². The maximum atomic E-state index is 11.9. The molecule has 1 amide bonds. The Morgan fingerprint density at radius 2 is 2.16 bits per heavy atom. The van der Waals surface area contributed by atoms with Crippen LogP contribution in [0, 0.1) is 5.92 Å². The first-order chi connectivity index (χ1) is 12.0. The predicted octanol–water partition coefficient (Wildman–Crippen LogP) is 1.45. The SMILES string of the molecule is CNC(=O)c1cncc(/C=C/C(=O)OCc2ncnn2CC(C)C)c1. The van der Waals surface area contributed by atoms with Crippen LogP contribution in [0.1, 0.15) is 35.6 Å². The van der Waals surface area contributed by atoms with Crippen LogP contribution in [0.2, 0.25) is 0 Å². The van der Waals surface area contributed by atoms with E-state index in [0.717, 1.165) is 0 Å². The summed E-state index contributed by atoms with van der Waals surface area (Å²) in [6.07, 6.45) is 7.28. The molecule has 0 unspecified atom stereocenters. The fourth-order valence-corrected chi connectivity index (χ4v) is 2.06. The lowest BCUT2D eigenvalue weighted by molar-refractivity contribution is -0.139. The number of nitrogens with one attached hydrogen (secondary N) is 1. The first kappa shape index (κ1) is 18.3. The van der Waals surface area contributed by atoms with E-state index in [1.54, 1.807) is 30.1 Å². The highest BCUT2D eigenvalue weighted by atomic mass is 16.5. The third kappa shape index (κ3) is 5.52. The van der Waals surface area contributed by atoms with Crippen LogP contribution in [-0.4, -0.2) is 38.7 Å². The molecular weight excluding hydrogens is 322 g/mol. The highest BCUT2D eigenvalue weighted by Gasteiger charge is 2.08. The minimum absolute atomic E-state index is 0.0480. The van der Waals surface area contributed by atoms with Gasteiger partial charge in [-0.2, -0.15) is 5.10 Å². The average molecular weight is 343 g/mol. The topological polar surface area (TPSA) is 99.0 Å². The third-order valence-corrected chi connectivity index (χ3v) is 3.24. The average Bonchev–Trinajstić information content (AvgIpc) is 3.04. The van der Waals surface area contributed by atoms with E-state index in [-0.39, 0.29) is 12.5 Å². The molecule has 0 radical (unpaired) electrons. The normalized spacial score (nSPS) is 11.0. The summed E-state index contributed by atoms with van der Waals surface area (Å²) in [5.74, 6) is 0.258. The number of carbonyl (C=O) groups is 2. The summed E-state index contributed by atoms with van der Waals surface area (Å²) in [6.45, 7) is 4.90. The molecule has 25 heavy (non-hydrogen) atoms. The molecule has 2 heterocycles. The molecule has 0 aromatic carbocycles. The van der Waals surface area contributed by atoms with E-state index in [2.05, 4.69) is 34.2 Å². The molecule has 2 rings (SSSR count). The molecule has 0 aliphatic heterocycles. The largest absolute Gasteiger partial charge is 0.454 e. The number of hydrogen-bond acceptors (Lipinski definition) is 6. The summed E-state index contributed by atoms with van der Waals surface area (Å²) in [4.78, 5) is 31.5. The number of pyridine rings is 1. The van der Waals surface area contributed by atoms with Crippen LogP contribution in [0.3, 0.4) is 0 Å². The summed E-state index contributed by atoms with van der Waals surface area (Å²) in [7, 11) is 1.54. The molecule has 132 valence electrons. The number of nitrogens with zero attached hydrogens (tertiary/aromatic N) is 4. The van der Waals surface area contributed by atoms with Crippen molar-refractivity contribution < 1.29 is 14.3 Å². The van der Waals surface area contributed by atoms with Gasteiger partial charge in [0.1, 0.15) is 6.33 Å². The van der Waals surface area contributed by atoms with Gasteiger partial charge in [0.25, 0.3) is 5.91 Å². The molecular formula is C17H21N5O3. The van der Waals surface area contributed by atoms with Gasteiger partial charge in [-0.15, -0.1) is 0 Å². The lowest BCUT2D eigenvalue weighted by Crippen LogP contribution is -2.17. The van der Waals surface area contributed by atoms with Gasteiger partial charge in [-0.05, 0) is 23.6 Å². The zero-order valence-electron chi connectivity index (χ0n) is 14.5. The summed E-state index contributed by atoms with van der Waals surface area (Å²) in [5, 5.41) is 6.63. The van der Waals surface area contributed by atoms with Crippen LogP contribution < -0.4 is 5.32 Å². The second kappa shape index (κ2) is 8.72. The number of hydrogen-bond donors (Lipinski definition) is 1. The van der Waals surface area contributed by atoms with Gasteiger partial charge in [-0.3, -0.25) is 9.78 Å². The molecule has 1 N–H and O–H groups in total. The van der Waals surface area contributed by atoms with Gasteiger partial charge < -0.3 is 10.1 Å². The van der Waals surface area contributed by atoms with Gasteiger partial charge in [0, 0.05) is 32.1 Å². The van der Waals surface area contributed by atoms with Gasteiger partial charge in [0.2, 0.25) is 0 Å². The predicted molar refractivity (Wildman–Crippen MR) is 91.3 cm³/mol. The molecule has 0 spiro atoms. The van der Waals surface area contributed by atoms with E-state index in [1.807, 2.05) is 0 Å². The Morgan fingerprint density at radius 1 is 1.36 bits per heavy atom. The number of amides is 1. The Bertz CT molecular complexity index is 767. The molecule has 8 heteroatoms. The Labute approximate surface area is 145 Å². The van der Waals surface area contributed by atoms with Gasteiger partial charge >= 0.3 is 5.97 Å². The highest BCUT2D eigenvalue weighted by molar-refractivity contribution is 5.94. The van der Waals surface area contributed by atoms with E-state index in [1.165, 1.54) is 18.6 Å². The van der Waals surface area contributed by atoms with E-state index < -0.39 is 5.97 Å². The van der Waals surface area contributed by atoms with Crippen molar-refractivity contribution >= 4 is 18.0 Å². The first-order valence-corrected chi connectivity index (χ1v) is 7.88. The quantitative estimate of drug-likeness (QED) is 0.603. The maximum absolute atomic E-state index is 11.9. The molecule has 0 saturated carbocycles. The zero-order valence-corrected chi connectivity index (χ0v) is 14.5. The summed E-state index contributed by atoms with van der Waals surface area (Å²) in [6, 6.07) is 1.63. The van der Waals surface area contributed by atoms with Gasteiger partial charge in [0.05, 0.1) is 5.56 Å². The van der Waals surface area contributed by atoms with Crippen molar-refractivity contribution in [1.29, 1.82) is 0 Å². The number of aromatic nitrogens is 4. The Hall–Kier alpha value is -3.03. The monoisotopic (exact) mass is 343 g/mol. The molecule has 0 aliphatic carbocycles. The standard InChI is InChI=1S/C17H21N5O3/c1-12(2)9-22-15(20-11-21-22)10-25-16(23)5-4-13-6-14(8-19-7-13)17(24)18-3/h4-8,11-12H,9-10H2,1-3H3,(H,18,24)/b5-4+. The summed E-state index contributed by atoms with van der Waals surface area (Å²) >= 11 is 0. The molecule has 0 aliphatic rings. The van der Waals surface area contributed by atoms with Gasteiger partial charge in [0.15, 0.2) is 12.4 Å². The van der Waals surface area contributed by atoms with Crippen molar-refractivity contribution in [3.05, 3.63) is 47.8 Å². The van der Waals surface area contributed by atoms with Crippen LogP contribution in [0.15, 0.2) is 30.9 Å². The first-order valence-electron chi connectivity index (χ1n) is 7.88. The fraction of sp³-hybridized carbons (Fsp3) is 0.353. The van der Waals surface area contributed by atoms with Crippen LogP contribution in [0.25, 0.3) is 6.08 Å². The summed E-state index contributed by atoms with van der Waals surface area (Å²) < 4.78 is 6.90. The van der Waals surface area contributed by atoms with Crippen molar-refractivity contribution in [2.45, 2.75) is 27.0 Å². The molecule has 0 bridgehead atoms. The highest BCUT2D eigenvalue weighted by Crippen LogP contribution is 2.06.